The van der Waals surface area contributed by atoms with Gasteiger partial charge in [0.1, 0.15) is 5.82 Å². The number of nitrogens with zero attached hydrogens (tertiary/aromatic N) is 1. The molecule has 0 saturated heterocycles. The van der Waals surface area contributed by atoms with Crippen LogP contribution in [0.5, 0.6) is 0 Å². The summed E-state index contributed by atoms with van der Waals surface area (Å²) in [5.74, 6) is 0.809. The van der Waals surface area contributed by atoms with Crippen LogP contribution in [0.15, 0.2) is 36.0 Å². The Morgan fingerprint density at radius 3 is 2.59 bits per heavy atom. The SMILES string of the molecule is C=Cc1c(-c2ccc(C(C)=O)c(CC)c2)c[nH]c1N=C.CC.[HH]. The maximum atomic E-state index is 11.6. The molecule has 2 rings (SSSR count). The van der Waals surface area contributed by atoms with E-state index in [1.807, 2.05) is 39.1 Å². The Labute approximate surface area is 134 Å². The van der Waals surface area contributed by atoms with Gasteiger partial charge in [-0.15, -0.1) is 0 Å². The highest BCUT2D eigenvalue weighted by Gasteiger charge is 2.12. The first kappa shape index (κ1) is 17.6. The molecule has 0 spiro atoms. The van der Waals surface area contributed by atoms with E-state index in [1.54, 1.807) is 13.0 Å². The number of ketones is 1. The summed E-state index contributed by atoms with van der Waals surface area (Å²) < 4.78 is 0. The molecule has 0 aliphatic carbocycles. The second-order valence-electron chi connectivity index (χ2n) is 4.61. The number of rotatable bonds is 5. The number of Topliss-reactive ketones (excluding diaryl/α,β-unsaturated/α-hetero) is 1. The first-order valence-electron chi connectivity index (χ1n) is 7.57. The van der Waals surface area contributed by atoms with E-state index in [1.165, 1.54) is 0 Å². The van der Waals surface area contributed by atoms with Gasteiger partial charge in [-0.25, -0.2) is 4.99 Å². The predicted octanol–water partition coefficient (Wildman–Crippen LogP) is 5.69. The fourth-order valence-electron chi connectivity index (χ4n) is 2.40. The lowest BCUT2D eigenvalue weighted by atomic mass is 9.95. The number of aliphatic imine (C=N–C) groups is 1. The summed E-state index contributed by atoms with van der Waals surface area (Å²) in [7, 11) is 0. The minimum Gasteiger partial charge on any atom is -0.346 e. The van der Waals surface area contributed by atoms with Gasteiger partial charge in [0, 0.05) is 24.3 Å². The molecule has 2 aromatic rings. The summed E-state index contributed by atoms with van der Waals surface area (Å²) in [4.78, 5) is 18.6. The standard InChI is InChI=1S/C17H18N2O.C2H6.H2/c1-5-12-9-13(7-8-15(12)11(3)20)16-10-19-17(18-4)14(16)6-2;1-2;/h6-10,19H,2,4-5H2,1,3H3;1-2H3;1H. The highest BCUT2D eigenvalue weighted by molar-refractivity contribution is 5.96. The zero-order valence-corrected chi connectivity index (χ0v) is 13.9. The van der Waals surface area contributed by atoms with Crippen molar-refractivity contribution < 1.29 is 6.22 Å². The molecule has 0 radical (unpaired) electrons. The van der Waals surface area contributed by atoms with Gasteiger partial charge in [-0.1, -0.05) is 51.6 Å². The number of aryl methyl sites for hydroxylation is 1. The second-order valence-corrected chi connectivity index (χ2v) is 4.61. The summed E-state index contributed by atoms with van der Waals surface area (Å²) in [6.07, 6.45) is 4.48. The number of benzene rings is 1. The molecule has 1 heterocycles. The lowest BCUT2D eigenvalue weighted by Crippen LogP contribution is -1.98. The zero-order valence-electron chi connectivity index (χ0n) is 13.9. The van der Waals surface area contributed by atoms with Gasteiger partial charge in [0.2, 0.25) is 0 Å². The Morgan fingerprint density at radius 2 is 2.09 bits per heavy atom. The third-order valence-electron chi connectivity index (χ3n) is 3.44. The molecule has 0 aliphatic heterocycles. The molecule has 3 nitrogen and oxygen atoms in total. The van der Waals surface area contributed by atoms with Crippen molar-refractivity contribution in [1.29, 1.82) is 0 Å². The van der Waals surface area contributed by atoms with Crippen LogP contribution in [0.25, 0.3) is 17.2 Å². The van der Waals surface area contributed by atoms with E-state index in [0.717, 1.165) is 34.2 Å². The molecule has 118 valence electrons. The van der Waals surface area contributed by atoms with Crippen LogP contribution in [-0.2, 0) is 6.42 Å². The minimum atomic E-state index is 0. The van der Waals surface area contributed by atoms with Crippen LogP contribution in [0.3, 0.4) is 0 Å². The molecule has 1 N–H and O–H groups in total. The molecule has 0 unspecified atom stereocenters. The molecule has 0 atom stereocenters. The van der Waals surface area contributed by atoms with Gasteiger partial charge in [-0.05, 0) is 31.2 Å². The molecule has 0 aliphatic rings. The van der Waals surface area contributed by atoms with Crippen molar-refractivity contribution in [2.24, 2.45) is 4.99 Å². The number of aromatic nitrogens is 1. The Hall–Kier alpha value is -2.42. The molecule has 0 saturated carbocycles. The van der Waals surface area contributed by atoms with Crippen LogP contribution in [0.4, 0.5) is 5.82 Å². The van der Waals surface area contributed by atoms with E-state index in [4.69, 9.17) is 0 Å². The van der Waals surface area contributed by atoms with Gasteiger partial charge in [0.15, 0.2) is 5.78 Å². The average Bonchev–Trinajstić information content (AvgIpc) is 2.98. The van der Waals surface area contributed by atoms with Gasteiger partial charge in [0.25, 0.3) is 0 Å². The Kier molecular flexibility index (Phi) is 6.51. The molecule has 0 amide bonds. The van der Waals surface area contributed by atoms with Gasteiger partial charge in [0.05, 0.1) is 0 Å². The molecule has 1 aromatic heterocycles. The summed E-state index contributed by atoms with van der Waals surface area (Å²) in [5.41, 5.74) is 4.84. The Morgan fingerprint density at radius 1 is 1.41 bits per heavy atom. The fraction of sp³-hybridized carbons (Fsp3) is 0.263. The topological polar surface area (TPSA) is 45.2 Å². The van der Waals surface area contributed by atoms with Crippen molar-refractivity contribution in [3.05, 3.63) is 47.7 Å². The lowest BCUT2D eigenvalue weighted by Gasteiger charge is -2.08. The van der Waals surface area contributed by atoms with Crippen molar-refractivity contribution in [3.8, 4) is 11.1 Å². The molecular weight excluding hydrogens is 272 g/mol. The van der Waals surface area contributed by atoms with E-state index >= 15 is 0 Å². The van der Waals surface area contributed by atoms with Crippen molar-refractivity contribution >= 4 is 24.4 Å². The summed E-state index contributed by atoms with van der Waals surface area (Å²) >= 11 is 0. The zero-order chi connectivity index (χ0) is 16.7. The molecule has 1 aromatic carbocycles. The number of hydrogen-bond acceptors (Lipinski definition) is 2. The van der Waals surface area contributed by atoms with Crippen LogP contribution in [0, 0.1) is 0 Å². The largest absolute Gasteiger partial charge is 0.346 e. The van der Waals surface area contributed by atoms with Crippen LogP contribution in [0.1, 0.15) is 50.6 Å². The number of H-pyrrole nitrogens is 1. The Balaban J connectivity index is 0.00000155. The number of carbonyl (C=O) groups excluding carboxylic acids is 1. The van der Waals surface area contributed by atoms with Gasteiger partial charge < -0.3 is 4.98 Å². The number of aromatic amines is 1. The number of carbonyl (C=O) groups is 1. The maximum absolute atomic E-state index is 11.6. The highest BCUT2D eigenvalue weighted by atomic mass is 16.1. The summed E-state index contributed by atoms with van der Waals surface area (Å²) in [6.45, 7) is 15.0. The summed E-state index contributed by atoms with van der Waals surface area (Å²) in [6, 6.07) is 5.90. The predicted molar refractivity (Wildman–Crippen MR) is 98.4 cm³/mol. The number of nitrogens with one attached hydrogen (secondary N) is 1. The van der Waals surface area contributed by atoms with Crippen molar-refractivity contribution in [2.75, 3.05) is 0 Å². The highest BCUT2D eigenvalue weighted by Crippen LogP contribution is 2.32. The molecular formula is C19H26N2O. The quantitative estimate of drug-likeness (QED) is 0.559. The minimum absolute atomic E-state index is 0. The van der Waals surface area contributed by atoms with Crippen molar-refractivity contribution in [2.45, 2.75) is 34.1 Å². The summed E-state index contributed by atoms with van der Waals surface area (Å²) in [5, 5.41) is 0. The maximum Gasteiger partial charge on any atom is 0.160 e. The normalized spacial score (nSPS) is 9.64. The van der Waals surface area contributed by atoms with Crippen LogP contribution < -0.4 is 0 Å². The molecule has 22 heavy (non-hydrogen) atoms. The van der Waals surface area contributed by atoms with E-state index in [2.05, 4.69) is 29.3 Å². The fourth-order valence-corrected chi connectivity index (χ4v) is 2.40. The average molecular weight is 298 g/mol. The van der Waals surface area contributed by atoms with Crippen molar-refractivity contribution in [3.63, 3.8) is 0 Å². The lowest BCUT2D eigenvalue weighted by molar-refractivity contribution is 0.101. The van der Waals surface area contributed by atoms with Crippen LogP contribution >= 0.6 is 0 Å². The van der Waals surface area contributed by atoms with Gasteiger partial charge in [-0.2, -0.15) is 0 Å². The molecule has 3 heteroatoms. The Bertz CT molecular complexity index is 687. The third kappa shape index (κ3) is 3.42. The van der Waals surface area contributed by atoms with E-state index < -0.39 is 0 Å². The van der Waals surface area contributed by atoms with Gasteiger partial charge in [-0.3, -0.25) is 4.79 Å². The van der Waals surface area contributed by atoms with E-state index in [9.17, 15) is 4.79 Å². The van der Waals surface area contributed by atoms with Crippen molar-refractivity contribution in [1.82, 2.24) is 4.98 Å². The monoisotopic (exact) mass is 298 g/mol. The van der Waals surface area contributed by atoms with Crippen LogP contribution in [0.2, 0.25) is 0 Å². The third-order valence-corrected chi connectivity index (χ3v) is 3.44. The first-order valence-corrected chi connectivity index (χ1v) is 7.57. The first-order chi connectivity index (χ1) is 10.6. The van der Waals surface area contributed by atoms with Gasteiger partial charge >= 0.3 is 0 Å². The molecule has 0 fully saturated rings. The smallest absolute Gasteiger partial charge is 0.160 e. The second kappa shape index (κ2) is 8.13. The molecule has 0 bridgehead atoms. The van der Waals surface area contributed by atoms with E-state index in [-0.39, 0.29) is 7.21 Å². The van der Waals surface area contributed by atoms with E-state index in [0.29, 0.717) is 5.82 Å². The van der Waals surface area contributed by atoms with Crippen LogP contribution in [-0.4, -0.2) is 17.5 Å². The number of hydrogen-bond donors (Lipinski definition) is 1.